The Hall–Kier alpha value is -2.62. The number of hydrogen-bond acceptors (Lipinski definition) is 2. The topological polar surface area (TPSA) is 49.4 Å². The second-order valence-corrected chi connectivity index (χ2v) is 7.13. The molecule has 0 atom stereocenters. The summed E-state index contributed by atoms with van der Waals surface area (Å²) >= 11 is 0. The van der Waals surface area contributed by atoms with Gasteiger partial charge in [0.15, 0.2) is 0 Å². The van der Waals surface area contributed by atoms with Crippen molar-refractivity contribution in [3.05, 3.63) is 60.2 Å². The molecule has 0 aliphatic carbocycles. The molecule has 2 amide bonds. The van der Waals surface area contributed by atoms with E-state index in [9.17, 15) is 9.59 Å². The van der Waals surface area contributed by atoms with Crippen molar-refractivity contribution in [1.29, 1.82) is 0 Å². The van der Waals surface area contributed by atoms with E-state index in [0.29, 0.717) is 19.4 Å². The molecular weight excluding hydrogens is 336 g/mol. The van der Waals surface area contributed by atoms with Crippen molar-refractivity contribution in [3.8, 4) is 11.1 Å². The van der Waals surface area contributed by atoms with Crippen LogP contribution < -0.4 is 5.32 Å². The number of nitrogens with one attached hydrogen (secondary N) is 1. The quantitative estimate of drug-likeness (QED) is 0.760. The lowest BCUT2D eigenvalue weighted by atomic mass is 10.0. The van der Waals surface area contributed by atoms with Gasteiger partial charge in [-0.1, -0.05) is 61.0 Å². The lowest BCUT2D eigenvalue weighted by molar-refractivity contribution is -0.130. The van der Waals surface area contributed by atoms with Crippen LogP contribution in [0.5, 0.6) is 0 Å². The third-order valence-corrected chi connectivity index (χ3v) is 5.02. The number of amides is 2. The molecule has 2 aromatic rings. The molecule has 0 radical (unpaired) electrons. The maximum absolute atomic E-state index is 12.1. The van der Waals surface area contributed by atoms with E-state index in [2.05, 4.69) is 29.6 Å². The molecule has 4 heteroatoms. The van der Waals surface area contributed by atoms with Crippen LogP contribution in [0.3, 0.4) is 0 Å². The van der Waals surface area contributed by atoms with Crippen LogP contribution in [-0.2, 0) is 16.0 Å². The molecule has 0 bridgehead atoms. The number of hydrogen-bond donors (Lipinski definition) is 1. The molecule has 1 heterocycles. The summed E-state index contributed by atoms with van der Waals surface area (Å²) in [5.74, 6) is 0.294. The van der Waals surface area contributed by atoms with Crippen molar-refractivity contribution < 1.29 is 9.59 Å². The third kappa shape index (κ3) is 5.95. The Kier molecular flexibility index (Phi) is 7.03. The van der Waals surface area contributed by atoms with Crippen molar-refractivity contribution >= 4 is 11.8 Å². The average molecular weight is 364 g/mol. The lowest BCUT2D eigenvalue weighted by Gasteiger charge is -2.20. The number of benzene rings is 2. The van der Waals surface area contributed by atoms with Gasteiger partial charge in [-0.05, 0) is 36.0 Å². The Morgan fingerprint density at radius 2 is 1.67 bits per heavy atom. The summed E-state index contributed by atoms with van der Waals surface area (Å²) in [6.45, 7) is 2.22. The van der Waals surface area contributed by atoms with Crippen LogP contribution in [0.25, 0.3) is 11.1 Å². The zero-order valence-corrected chi connectivity index (χ0v) is 15.8. The molecule has 0 spiro atoms. The zero-order chi connectivity index (χ0) is 18.9. The fraction of sp³-hybridized carbons (Fsp3) is 0.391. The molecule has 1 saturated heterocycles. The van der Waals surface area contributed by atoms with Crippen LogP contribution in [0.15, 0.2) is 54.6 Å². The molecule has 3 rings (SSSR count). The maximum atomic E-state index is 12.1. The summed E-state index contributed by atoms with van der Waals surface area (Å²) in [4.78, 5) is 26.0. The van der Waals surface area contributed by atoms with Gasteiger partial charge in [0, 0.05) is 26.1 Å². The van der Waals surface area contributed by atoms with Crippen LogP contribution >= 0.6 is 0 Å². The highest BCUT2D eigenvalue weighted by molar-refractivity contribution is 5.79. The standard InChI is InChI=1S/C23H28N2O2/c26-22(24-15-7-17-25-16-6-2-5-10-23(25)27)18-19-11-13-21(14-12-19)20-8-3-1-4-9-20/h1,3-4,8-9,11-14H,2,5-7,10,15-18H2,(H,24,26). The van der Waals surface area contributed by atoms with Crippen molar-refractivity contribution in [2.75, 3.05) is 19.6 Å². The Morgan fingerprint density at radius 1 is 0.926 bits per heavy atom. The molecule has 2 aromatic carbocycles. The maximum Gasteiger partial charge on any atom is 0.224 e. The van der Waals surface area contributed by atoms with Gasteiger partial charge < -0.3 is 10.2 Å². The first-order valence-electron chi connectivity index (χ1n) is 9.91. The van der Waals surface area contributed by atoms with Gasteiger partial charge in [0.1, 0.15) is 0 Å². The molecule has 0 saturated carbocycles. The molecule has 142 valence electrons. The van der Waals surface area contributed by atoms with Gasteiger partial charge in [-0.3, -0.25) is 9.59 Å². The average Bonchev–Trinajstić information content (AvgIpc) is 2.91. The van der Waals surface area contributed by atoms with Gasteiger partial charge in [-0.25, -0.2) is 0 Å². The summed E-state index contributed by atoms with van der Waals surface area (Å²) < 4.78 is 0. The van der Waals surface area contributed by atoms with E-state index in [1.807, 2.05) is 35.2 Å². The van der Waals surface area contributed by atoms with Gasteiger partial charge in [-0.2, -0.15) is 0 Å². The van der Waals surface area contributed by atoms with Crippen LogP contribution in [0, 0.1) is 0 Å². The monoisotopic (exact) mass is 364 g/mol. The van der Waals surface area contributed by atoms with E-state index in [-0.39, 0.29) is 11.8 Å². The molecule has 1 aliphatic heterocycles. The summed E-state index contributed by atoms with van der Waals surface area (Å²) in [5, 5.41) is 2.97. The predicted molar refractivity (Wildman–Crippen MR) is 108 cm³/mol. The largest absolute Gasteiger partial charge is 0.356 e. The van der Waals surface area contributed by atoms with Crippen LogP contribution in [-0.4, -0.2) is 36.3 Å². The lowest BCUT2D eigenvalue weighted by Crippen LogP contribution is -2.34. The Bertz CT molecular complexity index is 741. The van der Waals surface area contributed by atoms with Crippen LogP contribution in [0.4, 0.5) is 0 Å². The Labute approximate surface area is 161 Å². The Morgan fingerprint density at radius 3 is 2.44 bits per heavy atom. The molecule has 27 heavy (non-hydrogen) atoms. The number of nitrogens with zero attached hydrogens (tertiary/aromatic N) is 1. The van der Waals surface area contributed by atoms with Crippen LogP contribution in [0.1, 0.15) is 37.7 Å². The summed E-state index contributed by atoms with van der Waals surface area (Å²) in [6.07, 6.45) is 5.11. The minimum Gasteiger partial charge on any atom is -0.356 e. The van der Waals surface area contributed by atoms with E-state index >= 15 is 0 Å². The second-order valence-electron chi connectivity index (χ2n) is 7.13. The van der Waals surface area contributed by atoms with Crippen LogP contribution in [0.2, 0.25) is 0 Å². The normalized spacial score (nSPS) is 14.7. The van der Waals surface area contributed by atoms with E-state index < -0.39 is 0 Å². The van der Waals surface area contributed by atoms with Crippen molar-refractivity contribution in [1.82, 2.24) is 10.2 Å². The van der Waals surface area contributed by atoms with E-state index in [1.54, 1.807) is 0 Å². The molecule has 1 aliphatic rings. The first-order chi connectivity index (χ1) is 13.2. The third-order valence-electron chi connectivity index (χ3n) is 5.02. The number of rotatable bonds is 7. The van der Waals surface area contributed by atoms with Gasteiger partial charge in [0.05, 0.1) is 6.42 Å². The minimum atomic E-state index is 0.0321. The summed E-state index contributed by atoms with van der Waals surface area (Å²) in [5.41, 5.74) is 3.34. The predicted octanol–water partition coefficient (Wildman–Crippen LogP) is 3.81. The number of likely N-dealkylation sites (tertiary alicyclic amines) is 1. The second kappa shape index (κ2) is 9.91. The molecule has 4 nitrogen and oxygen atoms in total. The minimum absolute atomic E-state index is 0.0321. The summed E-state index contributed by atoms with van der Waals surface area (Å²) in [7, 11) is 0. The SMILES string of the molecule is O=C(Cc1ccc(-c2ccccc2)cc1)NCCCN1CCCCCC1=O. The van der Waals surface area contributed by atoms with E-state index in [4.69, 9.17) is 0 Å². The fourth-order valence-corrected chi connectivity index (χ4v) is 3.47. The van der Waals surface area contributed by atoms with Crippen molar-refractivity contribution in [2.24, 2.45) is 0 Å². The number of carbonyl (C=O) groups excluding carboxylic acids is 2. The first kappa shape index (κ1) is 19.2. The van der Waals surface area contributed by atoms with Gasteiger partial charge in [0.25, 0.3) is 0 Å². The van der Waals surface area contributed by atoms with Crippen molar-refractivity contribution in [3.63, 3.8) is 0 Å². The summed E-state index contributed by atoms with van der Waals surface area (Å²) in [6, 6.07) is 18.4. The fourth-order valence-electron chi connectivity index (χ4n) is 3.47. The highest BCUT2D eigenvalue weighted by Crippen LogP contribution is 2.19. The van der Waals surface area contributed by atoms with E-state index in [1.165, 1.54) is 5.56 Å². The smallest absolute Gasteiger partial charge is 0.224 e. The molecule has 1 N–H and O–H groups in total. The van der Waals surface area contributed by atoms with Crippen molar-refractivity contribution in [2.45, 2.75) is 38.5 Å². The first-order valence-corrected chi connectivity index (χ1v) is 9.91. The highest BCUT2D eigenvalue weighted by atomic mass is 16.2. The molecule has 1 fully saturated rings. The van der Waals surface area contributed by atoms with E-state index in [0.717, 1.165) is 49.9 Å². The molecule has 0 aromatic heterocycles. The molecule has 0 unspecified atom stereocenters. The van der Waals surface area contributed by atoms with Gasteiger partial charge in [0.2, 0.25) is 11.8 Å². The zero-order valence-electron chi connectivity index (χ0n) is 15.8. The highest BCUT2D eigenvalue weighted by Gasteiger charge is 2.15. The van der Waals surface area contributed by atoms with Gasteiger partial charge in [-0.15, -0.1) is 0 Å². The van der Waals surface area contributed by atoms with Gasteiger partial charge >= 0.3 is 0 Å². The molecular formula is C23H28N2O2. The number of carbonyl (C=O) groups is 2. The Balaban J connectivity index is 1.39.